The van der Waals surface area contributed by atoms with E-state index < -0.39 is 0 Å². The molecule has 12 heavy (non-hydrogen) atoms. The molecule has 0 bridgehead atoms. The Morgan fingerprint density at radius 3 is 2.00 bits per heavy atom. The quantitative estimate of drug-likeness (QED) is 0.676. The molecule has 1 unspecified atom stereocenters. The second kappa shape index (κ2) is 4.83. The van der Waals surface area contributed by atoms with Crippen LogP contribution in [-0.4, -0.2) is 19.1 Å². The molecule has 74 valence electrons. The summed E-state index contributed by atoms with van der Waals surface area (Å²) in [5.41, 5.74) is 5.95. The molecule has 0 heterocycles. The van der Waals surface area contributed by atoms with E-state index in [9.17, 15) is 0 Å². The van der Waals surface area contributed by atoms with Crippen molar-refractivity contribution < 1.29 is 0 Å². The lowest BCUT2D eigenvalue weighted by Gasteiger charge is -2.31. The van der Waals surface area contributed by atoms with Crippen LogP contribution in [0.4, 0.5) is 0 Å². The van der Waals surface area contributed by atoms with E-state index in [0.717, 1.165) is 13.1 Å². The summed E-state index contributed by atoms with van der Waals surface area (Å²) in [6.07, 6.45) is 0. The highest BCUT2D eigenvalue weighted by molar-refractivity contribution is 4.81. The van der Waals surface area contributed by atoms with Crippen molar-refractivity contribution in [1.29, 1.82) is 0 Å². The summed E-state index contributed by atoms with van der Waals surface area (Å²) in [6.45, 7) is 12.9. The van der Waals surface area contributed by atoms with E-state index in [1.165, 1.54) is 0 Å². The Labute approximate surface area is 76.9 Å². The highest BCUT2D eigenvalue weighted by atomic mass is 14.9. The van der Waals surface area contributed by atoms with Crippen LogP contribution in [0.1, 0.15) is 34.6 Å². The maximum absolute atomic E-state index is 5.68. The molecule has 2 heteroatoms. The van der Waals surface area contributed by atoms with Crippen LogP contribution in [0.15, 0.2) is 0 Å². The van der Waals surface area contributed by atoms with Crippen LogP contribution in [-0.2, 0) is 0 Å². The molecule has 2 nitrogen and oxygen atoms in total. The monoisotopic (exact) mass is 172 g/mol. The van der Waals surface area contributed by atoms with Gasteiger partial charge in [0.1, 0.15) is 0 Å². The van der Waals surface area contributed by atoms with Gasteiger partial charge in [0, 0.05) is 12.6 Å². The first-order valence-corrected chi connectivity index (χ1v) is 4.81. The maximum Gasteiger partial charge on any atom is 0.0238 e. The van der Waals surface area contributed by atoms with E-state index in [-0.39, 0.29) is 5.41 Å². The lowest BCUT2D eigenvalue weighted by Crippen LogP contribution is -2.46. The van der Waals surface area contributed by atoms with Gasteiger partial charge in [-0.2, -0.15) is 0 Å². The van der Waals surface area contributed by atoms with Crippen molar-refractivity contribution in [1.82, 2.24) is 5.32 Å². The fraction of sp³-hybridized carbons (Fsp3) is 1.00. The van der Waals surface area contributed by atoms with Crippen LogP contribution in [0.3, 0.4) is 0 Å². The van der Waals surface area contributed by atoms with Crippen LogP contribution in [0, 0.1) is 11.3 Å². The third-order valence-corrected chi connectivity index (χ3v) is 2.05. The Morgan fingerprint density at radius 1 is 1.25 bits per heavy atom. The molecule has 0 fully saturated rings. The molecule has 0 saturated carbocycles. The first kappa shape index (κ1) is 11.9. The summed E-state index contributed by atoms with van der Waals surface area (Å²) in [7, 11) is 0. The summed E-state index contributed by atoms with van der Waals surface area (Å²) in [5, 5.41) is 3.48. The summed E-state index contributed by atoms with van der Waals surface area (Å²) in [4.78, 5) is 0. The van der Waals surface area contributed by atoms with E-state index in [2.05, 4.69) is 39.9 Å². The van der Waals surface area contributed by atoms with Crippen molar-refractivity contribution in [2.45, 2.75) is 40.7 Å². The van der Waals surface area contributed by atoms with Crippen LogP contribution in [0.2, 0.25) is 0 Å². The Balaban J connectivity index is 3.84. The lowest BCUT2D eigenvalue weighted by molar-refractivity contribution is 0.266. The molecule has 0 aromatic rings. The van der Waals surface area contributed by atoms with Crippen molar-refractivity contribution >= 4 is 0 Å². The summed E-state index contributed by atoms with van der Waals surface area (Å²) < 4.78 is 0. The molecule has 0 amide bonds. The highest BCUT2D eigenvalue weighted by Gasteiger charge is 2.22. The smallest absolute Gasteiger partial charge is 0.0238 e. The molecule has 0 rings (SSSR count). The summed E-state index contributed by atoms with van der Waals surface area (Å²) >= 11 is 0. The topological polar surface area (TPSA) is 38.0 Å². The Hall–Kier alpha value is -0.0800. The van der Waals surface area contributed by atoms with Crippen LogP contribution < -0.4 is 11.1 Å². The van der Waals surface area contributed by atoms with Crippen molar-refractivity contribution in [2.24, 2.45) is 17.1 Å². The standard InChI is InChI=1S/C10H24N2/c1-8(2)7-12-9(6-11)10(3,4)5/h8-9,12H,6-7,11H2,1-5H3. The third-order valence-electron chi connectivity index (χ3n) is 2.05. The number of hydrogen-bond donors (Lipinski definition) is 2. The van der Waals surface area contributed by atoms with E-state index in [4.69, 9.17) is 5.73 Å². The minimum Gasteiger partial charge on any atom is -0.329 e. The highest BCUT2D eigenvalue weighted by Crippen LogP contribution is 2.18. The minimum absolute atomic E-state index is 0.268. The Kier molecular flexibility index (Phi) is 4.80. The van der Waals surface area contributed by atoms with Gasteiger partial charge in [-0.1, -0.05) is 34.6 Å². The molecule has 0 aliphatic rings. The zero-order chi connectivity index (χ0) is 9.78. The van der Waals surface area contributed by atoms with Gasteiger partial charge in [0.2, 0.25) is 0 Å². The zero-order valence-electron chi connectivity index (χ0n) is 9.15. The molecular weight excluding hydrogens is 148 g/mol. The van der Waals surface area contributed by atoms with Gasteiger partial charge in [-0.25, -0.2) is 0 Å². The van der Waals surface area contributed by atoms with Crippen molar-refractivity contribution in [3.8, 4) is 0 Å². The Morgan fingerprint density at radius 2 is 1.75 bits per heavy atom. The predicted molar refractivity (Wildman–Crippen MR) is 55.1 cm³/mol. The van der Waals surface area contributed by atoms with Crippen molar-refractivity contribution in [2.75, 3.05) is 13.1 Å². The molecule has 0 aromatic carbocycles. The second-order valence-corrected chi connectivity index (χ2v) is 4.96. The maximum atomic E-state index is 5.68. The largest absolute Gasteiger partial charge is 0.329 e. The van der Waals surface area contributed by atoms with E-state index >= 15 is 0 Å². The molecular formula is C10H24N2. The molecule has 0 aliphatic carbocycles. The van der Waals surface area contributed by atoms with Gasteiger partial charge in [-0.3, -0.25) is 0 Å². The summed E-state index contributed by atoms with van der Waals surface area (Å²) in [5.74, 6) is 0.696. The van der Waals surface area contributed by atoms with Crippen LogP contribution in [0.5, 0.6) is 0 Å². The average molecular weight is 172 g/mol. The van der Waals surface area contributed by atoms with Crippen molar-refractivity contribution in [3.63, 3.8) is 0 Å². The molecule has 0 radical (unpaired) electrons. The van der Waals surface area contributed by atoms with E-state index in [0.29, 0.717) is 12.0 Å². The minimum atomic E-state index is 0.268. The van der Waals surface area contributed by atoms with Gasteiger partial charge in [0.25, 0.3) is 0 Å². The number of nitrogens with two attached hydrogens (primary N) is 1. The van der Waals surface area contributed by atoms with Gasteiger partial charge in [-0.05, 0) is 17.9 Å². The average Bonchev–Trinajstić information content (AvgIpc) is 1.85. The zero-order valence-corrected chi connectivity index (χ0v) is 9.15. The summed E-state index contributed by atoms with van der Waals surface area (Å²) in [6, 6.07) is 0.430. The molecule has 0 aromatic heterocycles. The van der Waals surface area contributed by atoms with Gasteiger partial charge in [0.15, 0.2) is 0 Å². The fourth-order valence-corrected chi connectivity index (χ4v) is 1.12. The first-order valence-electron chi connectivity index (χ1n) is 4.81. The van der Waals surface area contributed by atoms with Gasteiger partial charge in [0.05, 0.1) is 0 Å². The SMILES string of the molecule is CC(C)CNC(CN)C(C)(C)C. The lowest BCUT2D eigenvalue weighted by atomic mass is 9.86. The van der Waals surface area contributed by atoms with Gasteiger partial charge in [-0.15, -0.1) is 0 Å². The predicted octanol–water partition coefficient (Wildman–Crippen LogP) is 1.61. The van der Waals surface area contributed by atoms with Crippen LogP contribution >= 0.6 is 0 Å². The normalized spacial score (nSPS) is 15.2. The van der Waals surface area contributed by atoms with Gasteiger partial charge >= 0.3 is 0 Å². The number of hydrogen-bond acceptors (Lipinski definition) is 2. The molecule has 0 saturated heterocycles. The first-order chi connectivity index (χ1) is 5.38. The van der Waals surface area contributed by atoms with E-state index in [1.807, 2.05) is 0 Å². The van der Waals surface area contributed by atoms with Crippen LogP contribution in [0.25, 0.3) is 0 Å². The fourth-order valence-electron chi connectivity index (χ4n) is 1.12. The third kappa shape index (κ3) is 4.73. The molecule has 3 N–H and O–H groups in total. The van der Waals surface area contributed by atoms with E-state index in [1.54, 1.807) is 0 Å². The molecule has 1 atom stereocenters. The molecule has 0 aliphatic heterocycles. The number of nitrogens with one attached hydrogen (secondary N) is 1. The van der Waals surface area contributed by atoms with Gasteiger partial charge < -0.3 is 11.1 Å². The molecule has 0 spiro atoms. The number of rotatable bonds is 4. The van der Waals surface area contributed by atoms with Crippen molar-refractivity contribution in [3.05, 3.63) is 0 Å². The Bertz CT molecular complexity index is 113. The second-order valence-electron chi connectivity index (χ2n) is 4.96.